The van der Waals surface area contributed by atoms with Crippen LogP contribution in [0.3, 0.4) is 0 Å². The van der Waals surface area contributed by atoms with Crippen LogP contribution in [0, 0.1) is 13.6 Å². The van der Waals surface area contributed by atoms with Crippen molar-refractivity contribution in [3.63, 3.8) is 0 Å². The normalized spacial score (nSPS) is 14.2. The molecule has 0 bridgehead atoms. The van der Waals surface area contributed by atoms with Crippen LogP contribution in [0.1, 0.15) is 112 Å². The molecule has 3 aromatic carbocycles. The van der Waals surface area contributed by atoms with Gasteiger partial charge in [-0.05, 0) is 77.4 Å². The molecule has 0 fully saturated rings. The maximum absolute atomic E-state index is 5.33. The Labute approximate surface area is 282 Å². The van der Waals surface area contributed by atoms with E-state index in [0.717, 1.165) is 24.6 Å². The minimum absolute atomic E-state index is 0.106. The molecule has 0 N–H and O–H groups in total. The Kier molecular flexibility index (Phi) is 14.3. The van der Waals surface area contributed by atoms with Gasteiger partial charge in [0.2, 0.25) is 5.90 Å². The Hall–Kier alpha value is -2.29. The van der Waals surface area contributed by atoms with Gasteiger partial charge in [-0.25, -0.2) is 4.99 Å². The first-order chi connectivity index (χ1) is 21.0. The van der Waals surface area contributed by atoms with Gasteiger partial charge in [0.25, 0.3) is 0 Å². The summed E-state index contributed by atoms with van der Waals surface area (Å²) in [5, 5.41) is 0. The average Bonchev–Trinajstić information content (AvgIpc) is 3.70. The number of halogens is 2. The van der Waals surface area contributed by atoms with E-state index in [0.29, 0.717) is 23.7 Å². The molecule has 0 amide bonds. The Morgan fingerprint density at radius 3 is 1.39 bits per heavy atom. The number of nitrogens with zero attached hydrogens (tertiary/aromatic N) is 3. The van der Waals surface area contributed by atoms with Crippen molar-refractivity contribution in [2.24, 2.45) is 4.99 Å². The van der Waals surface area contributed by atoms with E-state index >= 15 is 0 Å². The van der Waals surface area contributed by atoms with Crippen LogP contribution < -0.4 is 9.80 Å². The van der Waals surface area contributed by atoms with Crippen molar-refractivity contribution >= 4 is 36.3 Å². The zero-order valence-electron chi connectivity index (χ0n) is 27.6. The molecular formula is C37H48Cl2N3OPd-. The summed E-state index contributed by atoms with van der Waals surface area (Å²) in [6.45, 7) is 24.1. The molecule has 2 heterocycles. The standard InChI is InChI=1S/C27H37N2.C10H11NO.2ClH.Pd/c1-18(2)22-11-9-12-23(19(3)4)26(22)28-15-16-29(17-28)27-24(20(5)6)13-10-14-25(27)21(7)8;1-8-2-4-9(5-3-8)10-11-6-7-12-10;;;/h9-21H,1-8H3;2-5H,6-7H2,1H3;2*1H;/q-1;;;;+2/p-2. The monoisotopic (exact) mass is 726 g/mol. The fraction of sp³-hybridized carbons (Fsp3) is 0.405. The number of aliphatic imine (C=N–C) groups is 1. The van der Waals surface area contributed by atoms with Crippen LogP contribution in [0.2, 0.25) is 0 Å². The van der Waals surface area contributed by atoms with Crippen molar-refractivity contribution in [2.45, 2.75) is 86.0 Å². The number of benzene rings is 3. The molecule has 242 valence electrons. The summed E-state index contributed by atoms with van der Waals surface area (Å²) in [6.07, 6.45) is 4.43. The predicted molar refractivity (Wildman–Crippen MR) is 188 cm³/mol. The van der Waals surface area contributed by atoms with E-state index in [1.807, 2.05) is 12.1 Å². The summed E-state index contributed by atoms with van der Waals surface area (Å²) in [7, 11) is 9.63. The van der Waals surface area contributed by atoms with Gasteiger partial charge in [0, 0.05) is 16.9 Å². The molecule has 5 rings (SSSR count). The number of para-hydroxylation sites is 2. The molecule has 44 heavy (non-hydrogen) atoms. The summed E-state index contributed by atoms with van der Waals surface area (Å²) >= 11 is -0.106. The SMILES string of the molecule is CC(C)c1cccc(C(C)C)c1N1C=CN(c2c(C(C)C)cccc2C(C)C)[CH-]1.Cc1ccc(C2=NCCO2)cc1.[Cl][Pd][Cl]. The van der Waals surface area contributed by atoms with Crippen molar-refractivity contribution < 1.29 is 20.7 Å². The molecule has 2 aliphatic rings. The van der Waals surface area contributed by atoms with Gasteiger partial charge in [-0.2, -0.15) is 0 Å². The van der Waals surface area contributed by atoms with E-state index in [2.05, 4.69) is 145 Å². The van der Waals surface area contributed by atoms with Crippen LogP contribution in [0.5, 0.6) is 0 Å². The Morgan fingerprint density at radius 2 is 1.07 bits per heavy atom. The van der Waals surface area contributed by atoms with Crippen LogP contribution >= 0.6 is 19.1 Å². The quantitative estimate of drug-likeness (QED) is 0.179. The molecule has 0 saturated heterocycles. The number of anilines is 2. The molecule has 0 aromatic heterocycles. The second-order valence-corrected chi connectivity index (χ2v) is 14.7. The van der Waals surface area contributed by atoms with Crippen LogP contribution in [-0.4, -0.2) is 19.0 Å². The van der Waals surface area contributed by atoms with Crippen LogP contribution in [0.15, 0.2) is 78.1 Å². The van der Waals surface area contributed by atoms with Gasteiger partial charge >= 0.3 is 35.0 Å². The predicted octanol–water partition coefficient (Wildman–Crippen LogP) is 11.2. The van der Waals surface area contributed by atoms with Crippen LogP contribution in [0.4, 0.5) is 11.4 Å². The number of ether oxygens (including phenoxy) is 1. The third-order valence-corrected chi connectivity index (χ3v) is 7.72. The molecule has 0 saturated carbocycles. The van der Waals surface area contributed by atoms with Gasteiger partial charge in [-0.15, -0.1) is 6.67 Å². The summed E-state index contributed by atoms with van der Waals surface area (Å²) < 4.78 is 5.33. The van der Waals surface area contributed by atoms with Crippen molar-refractivity contribution in [1.29, 1.82) is 0 Å². The maximum atomic E-state index is 5.33. The van der Waals surface area contributed by atoms with Gasteiger partial charge in [0.1, 0.15) is 6.61 Å². The van der Waals surface area contributed by atoms with Crippen molar-refractivity contribution in [3.05, 3.63) is 113 Å². The third kappa shape index (κ3) is 9.37. The Bertz CT molecular complexity index is 1280. The van der Waals surface area contributed by atoms with E-state index in [4.69, 9.17) is 23.8 Å². The van der Waals surface area contributed by atoms with Gasteiger partial charge in [-0.3, -0.25) is 0 Å². The summed E-state index contributed by atoms with van der Waals surface area (Å²) in [5.74, 6) is 2.71. The van der Waals surface area contributed by atoms with Gasteiger partial charge < -0.3 is 14.5 Å². The molecule has 7 heteroatoms. The molecule has 0 aliphatic carbocycles. The molecule has 2 aliphatic heterocycles. The zero-order chi connectivity index (χ0) is 32.4. The fourth-order valence-corrected chi connectivity index (χ4v) is 5.44. The number of hydrogen-bond acceptors (Lipinski definition) is 4. The van der Waals surface area contributed by atoms with E-state index in [-0.39, 0.29) is 15.9 Å². The van der Waals surface area contributed by atoms with E-state index in [1.165, 1.54) is 39.2 Å². The van der Waals surface area contributed by atoms with Crippen molar-refractivity contribution in [2.75, 3.05) is 23.0 Å². The molecular weight excluding hydrogens is 680 g/mol. The van der Waals surface area contributed by atoms with Crippen molar-refractivity contribution in [1.82, 2.24) is 0 Å². The third-order valence-electron chi connectivity index (χ3n) is 7.72. The molecule has 4 nitrogen and oxygen atoms in total. The molecule has 0 spiro atoms. The zero-order valence-corrected chi connectivity index (χ0v) is 30.6. The first kappa shape index (κ1) is 36.2. The molecule has 0 atom stereocenters. The fourth-order valence-electron chi connectivity index (χ4n) is 5.44. The summed E-state index contributed by atoms with van der Waals surface area (Å²) in [5.41, 5.74) is 10.6. The average molecular weight is 728 g/mol. The Balaban J connectivity index is 0.000000290. The second kappa shape index (κ2) is 17.4. The van der Waals surface area contributed by atoms with Crippen LogP contribution in [0.25, 0.3) is 0 Å². The first-order valence-electron chi connectivity index (χ1n) is 15.4. The molecule has 0 radical (unpaired) electrons. The van der Waals surface area contributed by atoms with E-state index in [1.54, 1.807) is 0 Å². The van der Waals surface area contributed by atoms with Gasteiger partial charge in [0.05, 0.1) is 6.54 Å². The first-order valence-corrected chi connectivity index (χ1v) is 19.4. The number of hydrogen-bond donors (Lipinski definition) is 0. The van der Waals surface area contributed by atoms with Crippen LogP contribution in [-0.2, 0) is 20.7 Å². The topological polar surface area (TPSA) is 28.1 Å². The second-order valence-electron chi connectivity index (χ2n) is 12.4. The van der Waals surface area contributed by atoms with Gasteiger partial charge in [0.15, 0.2) is 0 Å². The minimum atomic E-state index is -0.106. The van der Waals surface area contributed by atoms with Gasteiger partial charge in [-0.1, -0.05) is 109 Å². The number of rotatable bonds is 7. The molecule has 3 aromatic rings. The van der Waals surface area contributed by atoms with E-state index in [9.17, 15) is 0 Å². The summed E-state index contributed by atoms with van der Waals surface area (Å²) in [6, 6.07) is 21.7. The Morgan fingerprint density at radius 1 is 0.682 bits per heavy atom. The number of aryl methyl sites for hydroxylation is 1. The summed E-state index contributed by atoms with van der Waals surface area (Å²) in [4.78, 5) is 8.88. The van der Waals surface area contributed by atoms with Crippen molar-refractivity contribution in [3.8, 4) is 0 Å². The van der Waals surface area contributed by atoms with E-state index < -0.39 is 0 Å². The molecule has 0 unspecified atom stereocenters.